The zero-order chi connectivity index (χ0) is 17.6. The average molecular weight is 335 g/mol. The van der Waals surface area contributed by atoms with Crippen LogP contribution in [0.15, 0.2) is 24.3 Å². The van der Waals surface area contributed by atoms with E-state index in [0.29, 0.717) is 6.61 Å². The average Bonchev–Trinajstić information content (AvgIpc) is 2.48. The molecule has 6 heteroatoms. The number of hydrogen-bond acceptors (Lipinski definition) is 5. The quantitative estimate of drug-likeness (QED) is 0.809. The van der Waals surface area contributed by atoms with Crippen molar-refractivity contribution in [3.05, 3.63) is 24.3 Å². The molecule has 3 N–H and O–H groups in total. The van der Waals surface area contributed by atoms with Gasteiger partial charge in [0, 0.05) is 24.8 Å². The highest BCUT2D eigenvalue weighted by Crippen LogP contribution is 2.14. The Hall–Kier alpha value is -1.95. The van der Waals surface area contributed by atoms with Crippen molar-refractivity contribution in [3.63, 3.8) is 0 Å². The fourth-order valence-electron chi connectivity index (χ4n) is 2.71. The number of anilines is 1. The Morgan fingerprint density at radius 2 is 2.04 bits per heavy atom. The smallest absolute Gasteiger partial charge is 0.407 e. The third-order valence-electron chi connectivity index (χ3n) is 3.78. The molecule has 1 fully saturated rings. The molecule has 0 bridgehead atoms. The lowest BCUT2D eigenvalue weighted by Gasteiger charge is -2.33. The van der Waals surface area contributed by atoms with Crippen LogP contribution in [0.5, 0.6) is 5.75 Å². The van der Waals surface area contributed by atoms with Crippen LogP contribution in [-0.2, 0) is 4.74 Å². The minimum atomic E-state index is -0.467. The van der Waals surface area contributed by atoms with Crippen molar-refractivity contribution in [1.29, 1.82) is 0 Å². The number of piperidine rings is 1. The highest BCUT2D eigenvalue weighted by molar-refractivity contribution is 5.68. The van der Waals surface area contributed by atoms with E-state index >= 15 is 0 Å². The molecule has 1 heterocycles. The molecule has 24 heavy (non-hydrogen) atoms. The summed E-state index contributed by atoms with van der Waals surface area (Å²) in [5.74, 6) is 0.824. The number of nitrogens with two attached hydrogens (primary N) is 1. The molecule has 0 aromatic heterocycles. The van der Waals surface area contributed by atoms with Crippen molar-refractivity contribution in [2.24, 2.45) is 0 Å². The van der Waals surface area contributed by atoms with Crippen LogP contribution in [0.1, 0.15) is 33.6 Å². The van der Waals surface area contributed by atoms with Gasteiger partial charge >= 0.3 is 6.09 Å². The third-order valence-corrected chi connectivity index (χ3v) is 3.78. The van der Waals surface area contributed by atoms with Gasteiger partial charge in [-0.3, -0.25) is 4.90 Å². The lowest BCUT2D eigenvalue weighted by molar-refractivity contribution is 0.0469. The van der Waals surface area contributed by atoms with E-state index in [9.17, 15) is 4.79 Å². The summed E-state index contributed by atoms with van der Waals surface area (Å²) in [6, 6.07) is 7.54. The van der Waals surface area contributed by atoms with E-state index in [1.54, 1.807) is 0 Å². The molecule has 1 aliphatic rings. The standard InChI is InChI=1S/C18H29N3O3/c1-18(2,3)24-17(22)20-15-5-4-10-21(13-15)11-12-23-16-8-6-14(19)7-9-16/h6-9,15H,4-5,10-13,19H2,1-3H3,(H,20,22)/t15-/m0/s1. The van der Waals surface area contributed by atoms with Crippen LogP contribution in [0.2, 0.25) is 0 Å². The van der Waals surface area contributed by atoms with Gasteiger partial charge in [0.25, 0.3) is 0 Å². The second-order valence-electron chi connectivity index (χ2n) is 7.20. The Balaban J connectivity index is 1.70. The fourth-order valence-corrected chi connectivity index (χ4v) is 2.71. The van der Waals surface area contributed by atoms with Crippen molar-refractivity contribution in [2.45, 2.75) is 45.3 Å². The summed E-state index contributed by atoms with van der Waals surface area (Å²) in [6.07, 6.45) is 1.70. The maximum Gasteiger partial charge on any atom is 0.407 e. The molecule has 1 amide bonds. The van der Waals surface area contributed by atoms with Crippen molar-refractivity contribution < 1.29 is 14.3 Å². The number of carbonyl (C=O) groups is 1. The number of nitrogens with zero attached hydrogens (tertiary/aromatic N) is 1. The van der Waals surface area contributed by atoms with E-state index in [0.717, 1.165) is 43.9 Å². The normalized spacial score (nSPS) is 18.9. The van der Waals surface area contributed by atoms with Crippen LogP contribution in [-0.4, -0.2) is 48.9 Å². The molecule has 0 radical (unpaired) electrons. The number of amides is 1. The van der Waals surface area contributed by atoms with Crippen molar-refractivity contribution in [1.82, 2.24) is 10.2 Å². The first-order chi connectivity index (χ1) is 11.3. The Morgan fingerprint density at radius 1 is 1.33 bits per heavy atom. The number of ether oxygens (including phenoxy) is 2. The molecule has 2 rings (SSSR count). The minimum Gasteiger partial charge on any atom is -0.492 e. The first-order valence-corrected chi connectivity index (χ1v) is 8.52. The van der Waals surface area contributed by atoms with Gasteiger partial charge in [-0.25, -0.2) is 4.79 Å². The van der Waals surface area contributed by atoms with E-state index < -0.39 is 5.60 Å². The maximum atomic E-state index is 11.9. The molecule has 1 aliphatic heterocycles. The molecule has 1 aromatic rings. The Bertz CT molecular complexity index is 525. The molecular formula is C18H29N3O3. The van der Waals surface area contributed by atoms with E-state index in [4.69, 9.17) is 15.2 Å². The Kier molecular flexibility index (Phi) is 6.31. The lowest BCUT2D eigenvalue weighted by Crippen LogP contribution is -2.49. The largest absolute Gasteiger partial charge is 0.492 e. The van der Waals surface area contributed by atoms with Gasteiger partial charge in [-0.15, -0.1) is 0 Å². The van der Waals surface area contributed by atoms with Gasteiger partial charge in [0.15, 0.2) is 0 Å². The molecule has 1 saturated heterocycles. The summed E-state index contributed by atoms with van der Waals surface area (Å²) in [6.45, 7) is 8.90. The topological polar surface area (TPSA) is 76.8 Å². The molecule has 0 unspecified atom stereocenters. The number of nitrogen functional groups attached to an aromatic ring is 1. The van der Waals surface area contributed by atoms with Gasteiger partial charge < -0.3 is 20.5 Å². The highest BCUT2D eigenvalue weighted by atomic mass is 16.6. The minimum absolute atomic E-state index is 0.130. The second-order valence-corrected chi connectivity index (χ2v) is 7.20. The molecule has 6 nitrogen and oxygen atoms in total. The van der Waals surface area contributed by atoms with E-state index in [1.807, 2.05) is 45.0 Å². The number of likely N-dealkylation sites (tertiary alicyclic amines) is 1. The van der Waals surface area contributed by atoms with Gasteiger partial charge in [-0.2, -0.15) is 0 Å². The molecule has 1 aromatic carbocycles. The maximum absolute atomic E-state index is 11.9. The molecular weight excluding hydrogens is 306 g/mol. The summed E-state index contributed by atoms with van der Waals surface area (Å²) in [4.78, 5) is 14.2. The lowest BCUT2D eigenvalue weighted by atomic mass is 10.1. The van der Waals surface area contributed by atoms with Gasteiger partial charge in [-0.1, -0.05) is 0 Å². The van der Waals surface area contributed by atoms with E-state index in [-0.39, 0.29) is 12.1 Å². The van der Waals surface area contributed by atoms with Gasteiger partial charge in [0.2, 0.25) is 0 Å². The van der Waals surface area contributed by atoms with Gasteiger partial charge in [0.05, 0.1) is 0 Å². The van der Waals surface area contributed by atoms with E-state index in [1.165, 1.54) is 0 Å². The van der Waals surface area contributed by atoms with Crippen LogP contribution in [0.25, 0.3) is 0 Å². The van der Waals surface area contributed by atoms with Crippen molar-refractivity contribution >= 4 is 11.8 Å². The summed E-state index contributed by atoms with van der Waals surface area (Å²) in [5.41, 5.74) is 5.92. The predicted molar refractivity (Wildman–Crippen MR) is 95.2 cm³/mol. The van der Waals surface area contributed by atoms with Gasteiger partial charge in [0.1, 0.15) is 18.0 Å². The first-order valence-electron chi connectivity index (χ1n) is 8.52. The molecule has 1 atom stereocenters. The SMILES string of the molecule is CC(C)(C)OC(=O)N[C@H]1CCCN(CCOc2ccc(N)cc2)C1. The van der Waals surface area contributed by atoms with Crippen LogP contribution in [0, 0.1) is 0 Å². The molecule has 0 spiro atoms. The second kappa shape index (κ2) is 8.24. The fraction of sp³-hybridized carbons (Fsp3) is 0.611. The summed E-state index contributed by atoms with van der Waals surface area (Å²) in [5, 5.41) is 2.96. The summed E-state index contributed by atoms with van der Waals surface area (Å²) < 4.78 is 11.1. The zero-order valence-corrected chi connectivity index (χ0v) is 14.9. The number of benzene rings is 1. The van der Waals surface area contributed by atoms with Crippen LogP contribution in [0.3, 0.4) is 0 Å². The van der Waals surface area contributed by atoms with E-state index in [2.05, 4.69) is 10.2 Å². The Labute approximate surface area is 144 Å². The van der Waals surface area contributed by atoms with Crippen molar-refractivity contribution in [2.75, 3.05) is 32.0 Å². The number of nitrogens with one attached hydrogen (secondary N) is 1. The number of alkyl carbamates (subject to hydrolysis) is 1. The molecule has 0 aliphatic carbocycles. The summed E-state index contributed by atoms with van der Waals surface area (Å²) >= 11 is 0. The van der Waals surface area contributed by atoms with Crippen LogP contribution < -0.4 is 15.8 Å². The third kappa shape index (κ3) is 6.66. The monoisotopic (exact) mass is 335 g/mol. The first kappa shape index (κ1) is 18.4. The molecule has 134 valence electrons. The Morgan fingerprint density at radius 3 is 2.71 bits per heavy atom. The number of hydrogen-bond donors (Lipinski definition) is 2. The highest BCUT2D eigenvalue weighted by Gasteiger charge is 2.24. The van der Waals surface area contributed by atoms with Crippen LogP contribution >= 0.6 is 0 Å². The number of rotatable bonds is 5. The zero-order valence-electron chi connectivity index (χ0n) is 14.9. The van der Waals surface area contributed by atoms with Crippen LogP contribution in [0.4, 0.5) is 10.5 Å². The summed E-state index contributed by atoms with van der Waals surface area (Å²) in [7, 11) is 0. The molecule has 0 saturated carbocycles. The van der Waals surface area contributed by atoms with Crippen molar-refractivity contribution in [3.8, 4) is 5.75 Å². The predicted octanol–water partition coefficient (Wildman–Crippen LogP) is 2.64. The van der Waals surface area contributed by atoms with Gasteiger partial charge in [-0.05, 0) is 64.4 Å². The number of carbonyl (C=O) groups excluding carboxylic acids is 1.